The summed E-state index contributed by atoms with van der Waals surface area (Å²) < 4.78 is 2.21. The van der Waals surface area contributed by atoms with Crippen LogP contribution in [0.2, 0.25) is 0 Å². The number of aryl methyl sites for hydroxylation is 1. The number of aromatic nitrogens is 4. The maximum absolute atomic E-state index is 4.29. The Morgan fingerprint density at radius 3 is 2.76 bits per heavy atom. The van der Waals surface area contributed by atoms with Crippen molar-refractivity contribution in [3.05, 3.63) is 36.8 Å². The van der Waals surface area contributed by atoms with E-state index >= 15 is 0 Å². The number of imidazole rings is 1. The number of anilines is 1. The summed E-state index contributed by atoms with van der Waals surface area (Å²) in [5.41, 5.74) is 0. The molecule has 17 heavy (non-hydrogen) atoms. The first kappa shape index (κ1) is 10.3. The predicted molar refractivity (Wildman–Crippen MR) is 64.7 cm³/mol. The maximum Gasteiger partial charge on any atom is 0.147 e. The molecule has 2 aromatic rings. The summed E-state index contributed by atoms with van der Waals surface area (Å²) in [6.07, 6.45) is 9.16. The fraction of sp³-hybridized carbons (Fsp3) is 0.417. The minimum Gasteiger partial charge on any atom is -0.355 e. The average Bonchev–Trinajstić information content (AvgIpc) is 2.70. The van der Waals surface area contributed by atoms with Gasteiger partial charge in [0.15, 0.2) is 0 Å². The van der Waals surface area contributed by atoms with Crippen molar-refractivity contribution >= 4 is 5.82 Å². The summed E-state index contributed by atoms with van der Waals surface area (Å²) in [4.78, 5) is 14.9. The van der Waals surface area contributed by atoms with Gasteiger partial charge in [0.05, 0.1) is 6.20 Å². The van der Waals surface area contributed by atoms with Crippen molar-refractivity contribution in [1.82, 2.24) is 19.5 Å². The number of nitrogens with zero attached hydrogens (tertiary/aromatic N) is 5. The van der Waals surface area contributed by atoms with E-state index in [-0.39, 0.29) is 0 Å². The van der Waals surface area contributed by atoms with Gasteiger partial charge < -0.3 is 9.47 Å². The Bertz CT molecular complexity index is 487. The van der Waals surface area contributed by atoms with E-state index in [0.717, 1.165) is 31.3 Å². The lowest BCUT2D eigenvalue weighted by Crippen LogP contribution is -2.49. The Balaban J connectivity index is 1.57. The molecule has 0 radical (unpaired) electrons. The first-order valence-electron chi connectivity index (χ1n) is 5.81. The molecule has 5 nitrogen and oxygen atoms in total. The molecule has 1 aliphatic heterocycles. The van der Waals surface area contributed by atoms with Gasteiger partial charge in [0.25, 0.3) is 0 Å². The molecule has 2 aromatic heterocycles. The monoisotopic (exact) mass is 229 g/mol. The first-order valence-corrected chi connectivity index (χ1v) is 5.81. The first-order chi connectivity index (χ1) is 8.33. The van der Waals surface area contributed by atoms with Gasteiger partial charge in [-0.3, -0.25) is 4.98 Å². The lowest BCUT2D eigenvalue weighted by atomic mass is 10.0. The van der Waals surface area contributed by atoms with Gasteiger partial charge in [0, 0.05) is 50.3 Å². The molecule has 0 N–H and O–H groups in total. The lowest BCUT2D eigenvalue weighted by Gasteiger charge is -2.40. The Morgan fingerprint density at radius 1 is 1.24 bits per heavy atom. The molecule has 5 heteroatoms. The van der Waals surface area contributed by atoms with Crippen LogP contribution in [0.25, 0.3) is 0 Å². The lowest BCUT2D eigenvalue weighted by molar-refractivity contribution is 0.352. The molecule has 0 amide bonds. The molecule has 3 rings (SSSR count). The minimum atomic E-state index is 0.685. The molecule has 0 bridgehead atoms. The number of hydrogen-bond donors (Lipinski definition) is 0. The third-order valence-corrected chi connectivity index (χ3v) is 3.21. The van der Waals surface area contributed by atoms with E-state index in [1.807, 2.05) is 25.5 Å². The van der Waals surface area contributed by atoms with Crippen molar-refractivity contribution in [3.8, 4) is 0 Å². The van der Waals surface area contributed by atoms with Gasteiger partial charge in [0.2, 0.25) is 0 Å². The summed E-state index contributed by atoms with van der Waals surface area (Å²) in [5, 5.41) is 0. The summed E-state index contributed by atoms with van der Waals surface area (Å²) in [5.74, 6) is 2.75. The minimum absolute atomic E-state index is 0.685. The fourth-order valence-electron chi connectivity index (χ4n) is 2.20. The molecular weight excluding hydrogens is 214 g/mol. The molecule has 0 unspecified atom stereocenters. The summed E-state index contributed by atoms with van der Waals surface area (Å²) >= 11 is 0. The summed E-state index contributed by atoms with van der Waals surface area (Å²) in [6.45, 7) is 5.19. The highest BCUT2D eigenvalue weighted by atomic mass is 15.3. The topological polar surface area (TPSA) is 46.8 Å². The molecule has 0 spiro atoms. The smallest absolute Gasteiger partial charge is 0.147 e. The van der Waals surface area contributed by atoms with Crippen molar-refractivity contribution in [2.75, 3.05) is 18.0 Å². The van der Waals surface area contributed by atoms with Crippen LogP contribution in [0.1, 0.15) is 5.82 Å². The Morgan fingerprint density at radius 2 is 2.12 bits per heavy atom. The zero-order chi connectivity index (χ0) is 11.7. The fourth-order valence-corrected chi connectivity index (χ4v) is 2.20. The van der Waals surface area contributed by atoms with E-state index in [4.69, 9.17) is 0 Å². The molecule has 1 fully saturated rings. The van der Waals surface area contributed by atoms with Crippen molar-refractivity contribution in [2.24, 2.45) is 5.92 Å². The Labute approximate surface area is 100 Å². The van der Waals surface area contributed by atoms with E-state index in [0.29, 0.717) is 5.92 Å². The van der Waals surface area contributed by atoms with Gasteiger partial charge in [-0.1, -0.05) is 0 Å². The molecule has 0 atom stereocenters. The van der Waals surface area contributed by atoms with Gasteiger partial charge in [-0.05, 0) is 6.92 Å². The van der Waals surface area contributed by atoms with Crippen molar-refractivity contribution in [1.29, 1.82) is 0 Å². The van der Waals surface area contributed by atoms with E-state index in [2.05, 4.69) is 24.4 Å². The molecule has 0 aromatic carbocycles. The Hall–Kier alpha value is -1.91. The number of rotatable bonds is 3. The third-order valence-electron chi connectivity index (χ3n) is 3.21. The molecule has 0 aliphatic carbocycles. The second-order valence-electron chi connectivity index (χ2n) is 4.46. The molecule has 3 heterocycles. The second-order valence-corrected chi connectivity index (χ2v) is 4.46. The van der Waals surface area contributed by atoms with E-state index in [9.17, 15) is 0 Å². The van der Waals surface area contributed by atoms with Crippen molar-refractivity contribution in [3.63, 3.8) is 0 Å². The summed E-state index contributed by atoms with van der Waals surface area (Å²) in [7, 11) is 0. The molecular formula is C12H15N5. The highest BCUT2D eigenvalue weighted by Crippen LogP contribution is 2.23. The standard InChI is InChI=1S/C12H15N5/c1-10-14-4-5-16(10)7-11-8-17(9-11)12-6-13-2-3-15-12/h2-6,11H,7-9H2,1H3. The van der Waals surface area contributed by atoms with Crippen LogP contribution in [0.5, 0.6) is 0 Å². The van der Waals surface area contributed by atoms with Crippen molar-refractivity contribution < 1.29 is 0 Å². The van der Waals surface area contributed by atoms with Crippen LogP contribution >= 0.6 is 0 Å². The van der Waals surface area contributed by atoms with Gasteiger partial charge in [-0.15, -0.1) is 0 Å². The van der Waals surface area contributed by atoms with Crippen molar-refractivity contribution in [2.45, 2.75) is 13.5 Å². The highest BCUT2D eigenvalue weighted by molar-refractivity contribution is 5.38. The van der Waals surface area contributed by atoms with Crippen LogP contribution in [-0.2, 0) is 6.54 Å². The predicted octanol–water partition coefficient (Wildman–Crippen LogP) is 1.12. The van der Waals surface area contributed by atoms with Crippen LogP contribution in [0.3, 0.4) is 0 Å². The van der Waals surface area contributed by atoms with E-state index in [1.54, 1.807) is 12.4 Å². The zero-order valence-electron chi connectivity index (χ0n) is 9.82. The largest absolute Gasteiger partial charge is 0.355 e. The highest BCUT2D eigenvalue weighted by Gasteiger charge is 2.28. The van der Waals surface area contributed by atoms with Gasteiger partial charge >= 0.3 is 0 Å². The quantitative estimate of drug-likeness (QED) is 0.791. The third kappa shape index (κ3) is 2.00. The van der Waals surface area contributed by atoms with Crippen LogP contribution in [0.15, 0.2) is 31.0 Å². The normalized spacial score (nSPS) is 15.9. The average molecular weight is 229 g/mol. The second kappa shape index (κ2) is 4.16. The zero-order valence-corrected chi connectivity index (χ0v) is 9.82. The molecule has 1 saturated heterocycles. The molecule has 88 valence electrons. The molecule has 1 aliphatic rings. The van der Waals surface area contributed by atoms with Crippen LogP contribution in [0, 0.1) is 12.8 Å². The van der Waals surface area contributed by atoms with Gasteiger partial charge in [0.1, 0.15) is 11.6 Å². The van der Waals surface area contributed by atoms with E-state index < -0.39 is 0 Å². The number of hydrogen-bond acceptors (Lipinski definition) is 4. The maximum atomic E-state index is 4.29. The Kier molecular flexibility index (Phi) is 2.51. The summed E-state index contributed by atoms with van der Waals surface area (Å²) in [6, 6.07) is 0. The SMILES string of the molecule is Cc1nccn1CC1CN(c2cnccn2)C1. The van der Waals surface area contributed by atoms with Crippen LogP contribution in [-0.4, -0.2) is 32.6 Å². The van der Waals surface area contributed by atoms with E-state index in [1.165, 1.54) is 0 Å². The molecule has 0 saturated carbocycles. The van der Waals surface area contributed by atoms with Crippen LogP contribution < -0.4 is 4.90 Å². The van der Waals surface area contributed by atoms with Crippen LogP contribution in [0.4, 0.5) is 5.82 Å². The van der Waals surface area contributed by atoms with Gasteiger partial charge in [-0.25, -0.2) is 9.97 Å². The van der Waals surface area contributed by atoms with Gasteiger partial charge in [-0.2, -0.15) is 0 Å².